The zero-order valence-electron chi connectivity index (χ0n) is 9.57. The minimum Gasteiger partial charge on any atom is -0.342 e. The molecule has 8 heteroatoms. The number of hydrogen-bond donors (Lipinski definition) is 1. The SMILES string of the molecule is CCN(CC)C(=O)CNC(=O)c1nnc(Cl)s1. The van der Waals surface area contributed by atoms with Crippen LogP contribution in [-0.2, 0) is 4.79 Å². The van der Waals surface area contributed by atoms with Gasteiger partial charge in [-0.15, -0.1) is 10.2 Å². The molecule has 1 aromatic rings. The van der Waals surface area contributed by atoms with E-state index in [9.17, 15) is 9.59 Å². The molecule has 1 rings (SSSR count). The Hall–Kier alpha value is -1.21. The molecule has 0 radical (unpaired) electrons. The number of likely N-dealkylation sites (N-methyl/N-ethyl adjacent to an activating group) is 1. The van der Waals surface area contributed by atoms with Crippen molar-refractivity contribution >= 4 is 34.8 Å². The highest BCUT2D eigenvalue weighted by atomic mass is 35.5. The van der Waals surface area contributed by atoms with Crippen LogP contribution < -0.4 is 5.32 Å². The van der Waals surface area contributed by atoms with Crippen LogP contribution in [-0.4, -0.2) is 46.5 Å². The van der Waals surface area contributed by atoms with E-state index in [-0.39, 0.29) is 21.9 Å². The molecular weight excluding hydrogens is 264 g/mol. The van der Waals surface area contributed by atoms with Gasteiger partial charge < -0.3 is 10.2 Å². The summed E-state index contributed by atoms with van der Waals surface area (Å²) in [5.41, 5.74) is 0. The van der Waals surface area contributed by atoms with Crippen molar-refractivity contribution in [2.75, 3.05) is 19.6 Å². The monoisotopic (exact) mass is 276 g/mol. The number of carbonyl (C=O) groups is 2. The van der Waals surface area contributed by atoms with E-state index in [1.807, 2.05) is 13.8 Å². The quantitative estimate of drug-likeness (QED) is 0.863. The number of nitrogens with one attached hydrogen (secondary N) is 1. The highest BCUT2D eigenvalue weighted by Gasteiger charge is 2.15. The molecule has 0 aliphatic rings. The van der Waals surface area contributed by atoms with Crippen molar-refractivity contribution in [3.63, 3.8) is 0 Å². The number of nitrogens with zero attached hydrogens (tertiary/aromatic N) is 3. The summed E-state index contributed by atoms with van der Waals surface area (Å²) in [6.45, 7) is 4.96. The largest absolute Gasteiger partial charge is 0.342 e. The number of hydrogen-bond acceptors (Lipinski definition) is 5. The van der Waals surface area contributed by atoms with Gasteiger partial charge in [0, 0.05) is 13.1 Å². The van der Waals surface area contributed by atoms with Crippen LogP contribution in [0, 0.1) is 0 Å². The van der Waals surface area contributed by atoms with Gasteiger partial charge in [-0.1, -0.05) is 11.3 Å². The van der Waals surface area contributed by atoms with E-state index >= 15 is 0 Å². The molecule has 0 saturated heterocycles. The predicted molar refractivity (Wildman–Crippen MR) is 65.2 cm³/mol. The van der Waals surface area contributed by atoms with Crippen LogP contribution in [0.2, 0.25) is 4.47 Å². The van der Waals surface area contributed by atoms with Crippen LogP contribution in [0.3, 0.4) is 0 Å². The molecular formula is C9H13ClN4O2S. The van der Waals surface area contributed by atoms with Crippen LogP contribution in [0.5, 0.6) is 0 Å². The average molecular weight is 277 g/mol. The van der Waals surface area contributed by atoms with E-state index in [1.165, 1.54) is 0 Å². The van der Waals surface area contributed by atoms with E-state index in [0.717, 1.165) is 11.3 Å². The minimum atomic E-state index is -0.435. The lowest BCUT2D eigenvalue weighted by molar-refractivity contribution is -0.129. The van der Waals surface area contributed by atoms with Crippen LogP contribution in [0.1, 0.15) is 23.6 Å². The molecule has 1 N–H and O–H groups in total. The molecule has 0 saturated carbocycles. The van der Waals surface area contributed by atoms with Crippen molar-refractivity contribution in [2.45, 2.75) is 13.8 Å². The Morgan fingerprint density at radius 3 is 2.47 bits per heavy atom. The average Bonchev–Trinajstić information content (AvgIpc) is 2.74. The zero-order valence-corrected chi connectivity index (χ0v) is 11.1. The van der Waals surface area contributed by atoms with Gasteiger partial charge in [0.2, 0.25) is 15.4 Å². The van der Waals surface area contributed by atoms with Crippen LogP contribution >= 0.6 is 22.9 Å². The third-order valence-electron chi connectivity index (χ3n) is 2.11. The molecule has 2 amide bonds. The lowest BCUT2D eigenvalue weighted by Gasteiger charge is -2.18. The maximum Gasteiger partial charge on any atom is 0.282 e. The van der Waals surface area contributed by atoms with Gasteiger partial charge >= 0.3 is 0 Å². The minimum absolute atomic E-state index is 0.0439. The molecule has 0 aliphatic heterocycles. The molecule has 1 heterocycles. The fraction of sp³-hybridized carbons (Fsp3) is 0.556. The summed E-state index contributed by atoms with van der Waals surface area (Å²) in [6.07, 6.45) is 0. The number of amides is 2. The molecule has 0 fully saturated rings. The first-order valence-electron chi connectivity index (χ1n) is 5.13. The zero-order chi connectivity index (χ0) is 12.8. The molecule has 0 spiro atoms. The normalized spacial score (nSPS) is 10.1. The van der Waals surface area contributed by atoms with Crippen molar-refractivity contribution in [3.05, 3.63) is 9.47 Å². The van der Waals surface area contributed by atoms with Gasteiger partial charge in [0.25, 0.3) is 5.91 Å². The molecule has 17 heavy (non-hydrogen) atoms. The van der Waals surface area contributed by atoms with Gasteiger partial charge in [-0.3, -0.25) is 9.59 Å². The molecule has 0 aliphatic carbocycles. The Balaban J connectivity index is 2.46. The Morgan fingerprint density at radius 1 is 1.35 bits per heavy atom. The standard InChI is InChI=1S/C9H13ClN4O2S/c1-3-14(4-2)6(15)5-11-7(16)8-12-13-9(10)17-8/h3-5H2,1-2H3,(H,11,16). The van der Waals surface area contributed by atoms with E-state index in [2.05, 4.69) is 15.5 Å². The molecule has 0 bridgehead atoms. The molecule has 0 unspecified atom stereocenters. The topological polar surface area (TPSA) is 75.2 Å². The Kier molecular flexibility index (Phi) is 5.30. The van der Waals surface area contributed by atoms with Crippen molar-refractivity contribution < 1.29 is 9.59 Å². The third-order valence-corrected chi connectivity index (χ3v) is 3.13. The Morgan fingerprint density at radius 2 is 2.00 bits per heavy atom. The summed E-state index contributed by atoms with van der Waals surface area (Å²) in [5.74, 6) is -0.561. The summed E-state index contributed by atoms with van der Waals surface area (Å²) in [7, 11) is 0. The molecule has 0 aromatic carbocycles. The van der Waals surface area contributed by atoms with Crippen molar-refractivity contribution in [3.8, 4) is 0 Å². The van der Waals surface area contributed by atoms with E-state index in [0.29, 0.717) is 13.1 Å². The first-order valence-corrected chi connectivity index (χ1v) is 6.32. The number of rotatable bonds is 5. The third kappa shape index (κ3) is 3.94. The van der Waals surface area contributed by atoms with Gasteiger partial charge in [0.1, 0.15) is 0 Å². The van der Waals surface area contributed by atoms with Gasteiger partial charge in [-0.2, -0.15) is 0 Å². The van der Waals surface area contributed by atoms with Crippen molar-refractivity contribution in [1.29, 1.82) is 0 Å². The summed E-state index contributed by atoms with van der Waals surface area (Å²) in [5, 5.41) is 9.72. The first kappa shape index (κ1) is 13.9. The second-order valence-corrected chi connectivity index (χ2v) is 4.67. The van der Waals surface area contributed by atoms with E-state index < -0.39 is 5.91 Å². The van der Waals surface area contributed by atoms with Gasteiger partial charge in [0.05, 0.1) is 6.54 Å². The Bertz CT molecular complexity index is 405. The van der Waals surface area contributed by atoms with Gasteiger partial charge in [-0.05, 0) is 25.4 Å². The number of aromatic nitrogens is 2. The second-order valence-electron chi connectivity index (χ2n) is 3.11. The highest BCUT2D eigenvalue weighted by Crippen LogP contribution is 2.14. The van der Waals surface area contributed by atoms with Crippen molar-refractivity contribution in [2.24, 2.45) is 0 Å². The fourth-order valence-electron chi connectivity index (χ4n) is 1.22. The lowest BCUT2D eigenvalue weighted by Crippen LogP contribution is -2.39. The summed E-state index contributed by atoms with van der Waals surface area (Å²) < 4.78 is 0.199. The first-order chi connectivity index (χ1) is 8.08. The van der Waals surface area contributed by atoms with Gasteiger partial charge in [0.15, 0.2) is 0 Å². The van der Waals surface area contributed by atoms with Crippen LogP contribution in [0.25, 0.3) is 0 Å². The molecule has 94 valence electrons. The summed E-state index contributed by atoms with van der Waals surface area (Å²) in [4.78, 5) is 24.8. The van der Waals surface area contributed by atoms with Crippen molar-refractivity contribution in [1.82, 2.24) is 20.4 Å². The number of carbonyl (C=O) groups excluding carboxylic acids is 2. The second kappa shape index (κ2) is 6.51. The maximum atomic E-state index is 11.6. The fourth-order valence-corrected chi connectivity index (χ4v) is 1.96. The van der Waals surface area contributed by atoms with E-state index in [1.54, 1.807) is 4.90 Å². The highest BCUT2D eigenvalue weighted by molar-refractivity contribution is 7.17. The Labute approximate surface area is 108 Å². The molecule has 6 nitrogen and oxygen atoms in total. The van der Waals surface area contributed by atoms with E-state index in [4.69, 9.17) is 11.6 Å². The summed E-state index contributed by atoms with van der Waals surface area (Å²) in [6, 6.07) is 0. The van der Waals surface area contributed by atoms with Crippen LogP contribution in [0.4, 0.5) is 0 Å². The smallest absolute Gasteiger partial charge is 0.282 e. The maximum absolute atomic E-state index is 11.6. The molecule has 0 atom stereocenters. The molecule has 1 aromatic heterocycles. The predicted octanol–water partition coefficient (Wildman–Crippen LogP) is 0.790. The van der Waals surface area contributed by atoms with Gasteiger partial charge in [-0.25, -0.2) is 0 Å². The summed E-state index contributed by atoms with van der Waals surface area (Å²) >= 11 is 6.53. The number of halogens is 1. The van der Waals surface area contributed by atoms with Crippen LogP contribution in [0.15, 0.2) is 0 Å². The lowest BCUT2D eigenvalue weighted by atomic mass is 10.4.